The molecule has 1 heterocycles. The Hall–Kier alpha value is -0.990. The topological polar surface area (TPSA) is 35.5 Å². The quantitative estimate of drug-likeness (QED) is 0.441. The van der Waals surface area contributed by atoms with Crippen molar-refractivity contribution in [3.05, 3.63) is 11.1 Å². The van der Waals surface area contributed by atoms with Gasteiger partial charge in [-0.3, -0.25) is 0 Å². The van der Waals surface area contributed by atoms with Crippen molar-refractivity contribution in [2.75, 3.05) is 0 Å². The van der Waals surface area contributed by atoms with Crippen molar-refractivity contribution >= 4 is 6.16 Å². The molecule has 0 aromatic heterocycles. The van der Waals surface area contributed by atoms with Gasteiger partial charge in [0.15, 0.2) is 0 Å². The lowest BCUT2D eigenvalue weighted by molar-refractivity contribution is -0.251. The van der Waals surface area contributed by atoms with Gasteiger partial charge in [0, 0.05) is 12.0 Å². The van der Waals surface area contributed by atoms with Gasteiger partial charge in [-0.25, -0.2) is 4.79 Å². The van der Waals surface area contributed by atoms with Crippen molar-refractivity contribution in [2.45, 2.75) is 51.7 Å². The van der Waals surface area contributed by atoms with E-state index in [-0.39, 0.29) is 0 Å². The molecule has 0 bridgehead atoms. The van der Waals surface area contributed by atoms with Crippen LogP contribution in [0.25, 0.3) is 0 Å². The Kier molecular flexibility index (Phi) is 2.25. The van der Waals surface area contributed by atoms with Crippen LogP contribution in [0.4, 0.5) is 4.79 Å². The maximum atomic E-state index is 10.8. The second kappa shape index (κ2) is 3.30. The minimum Gasteiger partial charge on any atom is -0.387 e. The van der Waals surface area contributed by atoms with E-state index in [0.29, 0.717) is 0 Å². The zero-order valence-electron chi connectivity index (χ0n) is 8.76. The summed E-state index contributed by atoms with van der Waals surface area (Å²) in [5.41, 5.74) is 2.40. The molecule has 1 aliphatic carbocycles. The smallest absolute Gasteiger partial charge is 0.387 e. The first-order valence-corrected chi connectivity index (χ1v) is 5.23. The molecule has 0 unspecified atom stereocenters. The number of rotatable bonds is 0. The summed E-state index contributed by atoms with van der Waals surface area (Å²) in [5, 5.41) is 0. The van der Waals surface area contributed by atoms with Crippen molar-refractivity contribution < 1.29 is 14.3 Å². The fourth-order valence-corrected chi connectivity index (χ4v) is 2.16. The van der Waals surface area contributed by atoms with Gasteiger partial charge in [0.2, 0.25) is 0 Å². The number of ether oxygens (including phenoxy) is 2. The Morgan fingerprint density at radius 2 is 1.86 bits per heavy atom. The van der Waals surface area contributed by atoms with Gasteiger partial charge in [0.25, 0.3) is 5.79 Å². The molecular weight excluding hydrogens is 180 g/mol. The van der Waals surface area contributed by atoms with Crippen LogP contribution >= 0.6 is 0 Å². The van der Waals surface area contributed by atoms with Crippen molar-refractivity contribution in [3.8, 4) is 0 Å². The van der Waals surface area contributed by atoms with Crippen LogP contribution in [0.3, 0.4) is 0 Å². The molecule has 78 valence electrons. The maximum Gasteiger partial charge on any atom is 0.515 e. The molecule has 0 saturated carbocycles. The second-order valence-corrected chi connectivity index (χ2v) is 4.17. The first kappa shape index (κ1) is 9.56. The van der Waals surface area contributed by atoms with Gasteiger partial charge in [0.1, 0.15) is 0 Å². The molecule has 1 aliphatic heterocycles. The lowest BCUT2D eigenvalue weighted by Gasteiger charge is -2.42. The predicted molar refractivity (Wildman–Crippen MR) is 51.8 cm³/mol. The molecule has 0 aromatic rings. The van der Waals surface area contributed by atoms with Crippen LogP contribution < -0.4 is 0 Å². The highest BCUT2D eigenvalue weighted by Crippen LogP contribution is 2.40. The summed E-state index contributed by atoms with van der Waals surface area (Å²) in [4.78, 5) is 10.8. The van der Waals surface area contributed by atoms with Crippen molar-refractivity contribution in [3.63, 3.8) is 0 Å². The molecule has 0 N–H and O–H groups in total. The molecule has 0 aromatic carbocycles. The summed E-state index contributed by atoms with van der Waals surface area (Å²) in [6, 6.07) is 0. The largest absolute Gasteiger partial charge is 0.515 e. The monoisotopic (exact) mass is 196 g/mol. The summed E-state index contributed by atoms with van der Waals surface area (Å²) >= 11 is 0. The van der Waals surface area contributed by atoms with Crippen LogP contribution in [-0.2, 0) is 9.47 Å². The number of hydrogen-bond donors (Lipinski definition) is 0. The average Bonchev–Trinajstić information content (AvgIpc) is 2.10. The highest BCUT2D eigenvalue weighted by Gasteiger charge is 2.50. The van der Waals surface area contributed by atoms with Crippen LogP contribution in [0.1, 0.15) is 46.0 Å². The lowest BCUT2D eigenvalue weighted by atomic mass is 9.89. The highest BCUT2D eigenvalue weighted by molar-refractivity contribution is 5.67. The standard InChI is InChI=1S/C11H16O3/c1-8-6-4-3-5-7-11(9(8)2)13-10(12)14-11/h3-7H2,1-2H3/b9-8-. The Bertz CT molecular complexity index is 283. The summed E-state index contributed by atoms with van der Waals surface area (Å²) in [7, 11) is 0. The summed E-state index contributed by atoms with van der Waals surface area (Å²) in [6.07, 6.45) is 4.85. The molecular formula is C11H16O3. The molecule has 2 rings (SSSR count). The minimum absolute atomic E-state index is 0.530. The third-order valence-corrected chi connectivity index (χ3v) is 3.27. The molecule has 1 spiro atoms. The Morgan fingerprint density at radius 3 is 2.50 bits per heavy atom. The summed E-state index contributed by atoms with van der Waals surface area (Å²) in [5.74, 6) is -0.693. The van der Waals surface area contributed by atoms with Gasteiger partial charge in [-0.05, 0) is 33.1 Å². The highest BCUT2D eigenvalue weighted by atomic mass is 16.9. The number of carbonyl (C=O) groups excluding carboxylic acids is 1. The fourth-order valence-electron chi connectivity index (χ4n) is 2.16. The SMILES string of the molecule is C/C1=C(\C)C2(CCCCC1)OC(=O)O2. The number of hydrogen-bond acceptors (Lipinski definition) is 3. The third kappa shape index (κ3) is 1.41. The minimum atomic E-state index is -0.693. The van der Waals surface area contributed by atoms with Crippen LogP contribution in [0.2, 0.25) is 0 Å². The number of allylic oxidation sites excluding steroid dienone is 1. The molecule has 3 nitrogen and oxygen atoms in total. The van der Waals surface area contributed by atoms with E-state index in [0.717, 1.165) is 24.8 Å². The van der Waals surface area contributed by atoms with Crippen molar-refractivity contribution in [1.29, 1.82) is 0 Å². The second-order valence-electron chi connectivity index (χ2n) is 4.17. The van der Waals surface area contributed by atoms with Gasteiger partial charge in [0.05, 0.1) is 0 Å². The van der Waals surface area contributed by atoms with Crippen LogP contribution in [-0.4, -0.2) is 11.9 Å². The van der Waals surface area contributed by atoms with E-state index in [4.69, 9.17) is 9.47 Å². The average molecular weight is 196 g/mol. The first-order valence-electron chi connectivity index (χ1n) is 5.23. The van der Waals surface area contributed by atoms with E-state index < -0.39 is 11.9 Å². The van der Waals surface area contributed by atoms with E-state index >= 15 is 0 Å². The molecule has 1 fully saturated rings. The molecule has 0 amide bonds. The van der Waals surface area contributed by atoms with E-state index in [1.54, 1.807) is 0 Å². The normalized spacial score (nSPS) is 31.1. The van der Waals surface area contributed by atoms with Crippen molar-refractivity contribution in [2.24, 2.45) is 0 Å². The molecule has 2 aliphatic rings. The fraction of sp³-hybridized carbons (Fsp3) is 0.727. The van der Waals surface area contributed by atoms with Crippen molar-refractivity contribution in [1.82, 2.24) is 0 Å². The van der Waals surface area contributed by atoms with Gasteiger partial charge in [-0.2, -0.15) is 0 Å². The first-order chi connectivity index (χ1) is 6.64. The Balaban J connectivity index is 2.24. The van der Waals surface area contributed by atoms with Crippen LogP contribution in [0, 0.1) is 0 Å². The molecule has 1 saturated heterocycles. The summed E-state index contributed by atoms with van der Waals surface area (Å²) in [6.45, 7) is 4.10. The van der Waals surface area contributed by atoms with Gasteiger partial charge in [-0.15, -0.1) is 0 Å². The zero-order chi connectivity index (χ0) is 10.2. The van der Waals surface area contributed by atoms with Gasteiger partial charge in [-0.1, -0.05) is 12.0 Å². The third-order valence-electron chi connectivity index (χ3n) is 3.27. The van der Waals surface area contributed by atoms with E-state index in [9.17, 15) is 4.79 Å². The Labute approximate surface area is 84.1 Å². The zero-order valence-corrected chi connectivity index (χ0v) is 8.76. The van der Waals surface area contributed by atoms with E-state index in [1.807, 2.05) is 6.92 Å². The van der Waals surface area contributed by atoms with Crippen LogP contribution in [0.5, 0.6) is 0 Å². The molecule has 0 radical (unpaired) electrons. The van der Waals surface area contributed by atoms with E-state index in [1.165, 1.54) is 18.4 Å². The molecule has 14 heavy (non-hydrogen) atoms. The molecule has 3 heteroatoms. The Morgan fingerprint density at radius 1 is 1.14 bits per heavy atom. The van der Waals surface area contributed by atoms with Crippen LogP contribution in [0.15, 0.2) is 11.1 Å². The number of carbonyl (C=O) groups is 1. The van der Waals surface area contributed by atoms with E-state index in [2.05, 4.69) is 6.92 Å². The van der Waals surface area contributed by atoms with Gasteiger partial charge < -0.3 is 9.47 Å². The van der Waals surface area contributed by atoms with Gasteiger partial charge >= 0.3 is 6.16 Å². The lowest BCUT2D eigenvalue weighted by Crippen LogP contribution is -2.51. The molecule has 0 atom stereocenters. The summed E-state index contributed by atoms with van der Waals surface area (Å²) < 4.78 is 10.3. The maximum absolute atomic E-state index is 10.8. The predicted octanol–water partition coefficient (Wildman–Crippen LogP) is 3.15.